The molecule has 0 unspecified atom stereocenters. The van der Waals surface area contributed by atoms with Crippen LogP contribution >= 0.6 is 11.6 Å². The summed E-state index contributed by atoms with van der Waals surface area (Å²) in [4.78, 5) is 26.2. The van der Waals surface area contributed by atoms with E-state index in [4.69, 9.17) is 36.3 Å². The topological polar surface area (TPSA) is 102 Å². The average molecular weight is 433 g/mol. The van der Waals surface area contributed by atoms with Crippen LogP contribution in [0.2, 0.25) is 5.02 Å². The van der Waals surface area contributed by atoms with Gasteiger partial charge in [-0.05, 0) is 37.3 Å². The Balaban J connectivity index is 2.28. The van der Waals surface area contributed by atoms with E-state index in [1.165, 1.54) is 33.5 Å². The Kier molecular flexibility index (Phi) is 6.07. The van der Waals surface area contributed by atoms with Gasteiger partial charge in [-0.25, -0.2) is 9.36 Å². The standard InChI is InChI=1S/C21H21ClN2O6/c1-5-30-21(26)24-14-7-6-12(22)10-13(14)17(23)18(24)19(25)11-8-15(27-2)20(29-4)16(9-11)28-3/h6-10H,5,23H2,1-4H3. The largest absolute Gasteiger partial charge is 0.493 e. The summed E-state index contributed by atoms with van der Waals surface area (Å²) < 4.78 is 22.2. The second-order valence-electron chi connectivity index (χ2n) is 6.20. The number of hydrogen-bond donors (Lipinski definition) is 1. The summed E-state index contributed by atoms with van der Waals surface area (Å²) in [6, 6.07) is 7.78. The number of ether oxygens (including phenoxy) is 4. The maximum absolute atomic E-state index is 13.5. The smallest absolute Gasteiger partial charge is 0.419 e. The molecule has 0 saturated carbocycles. The van der Waals surface area contributed by atoms with Gasteiger partial charge in [-0.1, -0.05) is 11.6 Å². The Bertz CT molecular complexity index is 1110. The highest BCUT2D eigenvalue weighted by atomic mass is 35.5. The van der Waals surface area contributed by atoms with Crippen LogP contribution in [0.4, 0.5) is 10.5 Å². The molecule has 2 N–H and O–H groups in total. The molecule has 0 spiro atoms. The van der Waals surface area contributed by atoms with Crippen LogP contribution in [0.25, 0.3) is 10.9 Å². The molecule has 1 heterocycles. The minimum absolute atomic E-state index is 0.0417. The fourth-order valence-corrected chi connectivity index (χ4v) is 3.41. The second-order valence-corrected chi connectivity index (χ2v) is 6.64. The Morgan fingerprint density at radius 1 is 1.03 bits per heavy atom. The van der Waals surface area contributed by atoms with Gasteiger partial charge in [0.25, 0.3) is 0 Å². The van der Waals surface area contributed by atoms with Gasteiger partial charge in [0.05, 0.1) is 39.1 Å². The van der Waals surface area contributed by atoms with Crippen molar-refractivity contribution < 1.29 is 28.5 Å². The van der Waals surface area contributed by atoms with E-state index in [1.54, 1.807) is 25.1 Å². The first-order chi connectivity index (χ1) is 14.4. The normalized spacial score (nSPS) is 10.7. The number of rotatable bonds is 6. The van der Waals surface area contributed by atoms with Gasteiger partial charge in [0.1, 0.15) is 5.69 Å². The highest BCUT2D eigenvalue weighted by molar-refractivity contribution is 6.32. The molecule has 0 atom stereocenters. The van der Waals surface area contributed by atoms with E-state index in [0.29, 0.717) is 33.2 Å². The average Bonchev–Trinajstić information content (AvgIpc) is 3.04. The molecular formula is C21H21ClN2O6. The molecule has 0 aliphatic rings. The number of benzene rings is 2. The molecule has 3 aromatic rings. The van der Waals surface area contributed by atoms with Gasteiger partial charge in [-0.15, -0.1) is 0 Å². The third kappa shape index (κ3) is 3.50. The Morgan fingerprint density at radius 2 is 1.67 bits per heavy atom. The number of hydrogen-bond acceptors (Lipinski definition) is 7. The van der Waals surface area contributed by atoms with Gasteiger partial charge in [-0.3, -0.25) is 4.79 Å². The molecule has 0 bridgehead atoms. The van der Waals surface area contributed by atoms with E-state index >= 15 is 0 Å². The molecule has 0 saturated heterocycles. The first-order valence-electron chi connectivity index (χ1n) is 8.99. The van der Waals surface area contributed by atoms with E-state index < -0.39 is 11.9 Å². The summed E-state index contributed by atoms with van der Waals surface area (Å²) in [5.74, 6) is 0.399. The van der Waals surface area contributed by atoms with Crippen LogP contribution in [0, 0.1) is 0 Å². The zero-order valence-electron chi connectivity index (χ0n) is 16.9. The summed E-state index contributed by atoms with van der Waals surface area (Å²) in [5, 5.41) is 0.883. The van der Waals surface area contributed by atoms with E-state index in [-0.39, 0.29) is 23.6 Å². The molecule has 0 fully saturated rings. The number of anilines is 1. The van der Waals surface area contributed by atoms with Gasteiger partial charge in [-0.2, -0.15) is 0 Å². The van der Waals surface area contributed by atoms with Crippen molar-refractivity contribution in [3.05, 3.63) is 46.6 Å². The molecular weight excluding hydrogens is 412 g/mol. The lowest BCUT2D eigenvalue weighted by Crippen LogP contribution is -2.20. The van der Waals surface area contributed by atoms with Gasteiger partial charge < -0.3 is 24.7 Å². The van der Waals surface area contributed by atoms with Crippen LogP contribution in [0.1, 0.15) is 23.0 Å². The van der Waals surface area contributed by atoms with E-state index in [9.17, 15) is 9.59 Å². The lowest BCUT2D eigenvalue weighted by Gasteiger charge is -2.14. The summed E-state index contributed by atoms with van der Waals surface area (Å²) in [5.41, 5.74) is 6.95. The van der Waals surface area contributed by atoms with Crippen molar-refractivity contribution in [2.24, 2.45) is 0 Å². The first-order valence-corrected chi connectivity index (χ1v) is 9.36. The predicted molar refractivity (Wildman–Crippen MR) is 113 cm³/mol. The number of nitrogen functional groups attached to an aromatic ring is 1. The molecule has 0 radical (unpaired) electrons. The van der Waals surface area contributed by atoms with Crippen molar-refractivity contribution in [1.29, 1.82) is 0 Å². The number of methoxy groups -OCH3 is 3. The van der Waals surface area contributed by atoms with Crippen molar-refractivity contribution in [3.63, 3.8) is 0 Å². The van der Waals surface area contributed by atoms with Crippen LogP contribution in [0.15, 0.2) is 30.3 Å². The van der Waals surface area contributed by atoms with E-state index in [2.05, 4.69) is 0 Å². The maximum atomic E-state index is 13.5. The molecule has 9 heteroatoms. The molecule has 2 aromatic carbocycles. The van der Waals surface area contributed by atoms with Gasteiger partial charge >= 0.3 is 6.09 Å². The van der Waals surface area contributed by atoms with E-state index in [1.807, 2.05) is 0 Å². The van der Waals surface area contributed by atoms with Gasteiger partial charge in [0.2, 0.25) is 11.5 Å². The molecule has 1 aromatic heterocycles. The Hall–Kier alpha value is -3.39. The lowest BCUT2D eigenvalue weighted by atomic mass is 10.1. The highest BCUT2D eigenvalue weighted by Gasteiger charge is 2.28. The first kappa shape index (κ1) is 21.3. The van der Waals surface area contributed by atoms with Crippen LogP contribution in [0.5, 0.6) is 17.2 Å². The monoisotopic (exact) mass is 432 g/mol. The number of aromatic nitrogens is 1. The number of ketones is 1. The summed E-state index contributed by atoms with van der Waals surface area (Å²) in [6.07, 6.45) is -0.725. The Morgan fingerprint density at radius 3 is 2.20 bits per heavy atom. The van der Waals surface area contributed by atoms with Crippen molar-refractivity contribution in [3.8, 4) is 17.2 Å². The van der Waals surface area contributed by atoms with Crippen molar-refractivity contribution in [2.75, 3.05) is 33.7 Å². The maximum Gasteiger partial charge on any atom is 0.419 e. The minimum atomic E-state index is -0.725. The van der Waals surface area contributed by atoms with Crippen LogP contribution in [-0.4, -0.2) is 44.4 Å². The van der Waals surface area contributed by atoms with Crippen molar-refractivity contribution in [1.82, 2.24) is 4.57 Å². The fourth-order valence-electron chi connectivity index (χ4n) is 3.24. The number of nitrogens with two attached hydrogens (primary N) is 1. The number of nitrogens with zero attached hydrogens (tertiary/aromatic N) is 1. The fraction of sp³-hybridized carbons (Fsp3) is 0.238. The molecule has 3 rings (SSSR count). The second kappa shape index (κ2) is 8.54. The number of halogens is 1. The van der Waals surface area contributed by atoms with Crippen molar-refractivity contribution >= 4 is 40.1 Å². The summed E-state index contributed by atoms with van der Waals surface area (Å²) >= 11 is 6.09. The predicted octanol–water partition coefficient (Wildman–Crippen LogP) is 4.14. The molecule has 0 amide bonds. The summed E-state index contributed by atoms with van der Waals surface area (Å²) in [7, 11) is 4.34. The molecule has 30 heavy (non-hydrogen) atoms. The van der Waals surface area contributed by atoms with Gasteiger partial charge in [0.15, 0.2) is 11.5 Å². The number of carbonyl (C=O) groups is 2. The van der Waals surface area contributed by atoms with Crippen LogP contribution in [0.3, 0.4) is 0 Å². The minimum Gasteiger partial charge on any atom is -0.493 e. The third-order valence-corrected chi connectivity index (χ3v) is 4.80. The van der Waals surface area contributed by atoms with Crippen molar-refractivity contribution in [2.45, 2.75) is 6.92 Å². The van der Waals surface area contributed by atoms with Crippen LogP contribution in [-0.2, 0) is 4.74 Å². The number of carbonyl (C=O) groups excluding carboxylic acids is 2. The quantitative estimate of drug-likeness (QED) is 0.584. The molecule has 8 nitrogen and oxygen atoms in total. The van der Waals surface area contributed by atoms with Crippen LogP contribution < -0.4 is 19.9 Å². The number of fused-ring (bicyclic) bond motifs is 1. The lowest BCUT2D eigenvalue weighted by molar-refractivity contribution is 0.102. The third-order valence-electron chi connectivity index (χ3n) is 4.56. The Labute approximate surface area is 178 Å². The van der Waals surface area contributed by atoms with E-state index in [0.717, 1.165) is 4.57 Å². The van der Waals surface area contributed by atoms with Gasteiger partial charge in [0, 0.05) is 16.0 Å². The highest BCUT2D eigenvalue weighted by Crippen LogP contribution is 2.40. The summed E-state index contributed by atoms with van der Waals surface area (Å²) in [6.45, 7) is 1.80. The zero-order chi connectivity index (χ0) is 22.0. The molecule has 0 aliphatic heterocycles. The SMILES string of the molecule is CCOC(=O)n1c(C(=O)c2cc(OC)c(OC)c(OC)c2)c(N)c2cc(Cl)ccc21. The molecule has 0 aliphatic carbocycles. The zero-order valence-corrected chi connectivity index (χ0v) is 17.7. The molecule has 158 valence electrons.